The van der Waals surface area contributed by atoms with Crippen LogP contribution in [0, 0.1) is 5.82 Å². The van der Waals surface area contributed by atoms with Crippen molar-refractivity contribution in [3.63, 3.8) is 0 Å². The molecule has 1 aliphatic rings. The summed E-state index contributed by atoms with van der Waals surface area (Å²) in [5.41, 5.74) is 0.869. The molecular formula is C24H31FN2O5S. The molecule has 0 aliphatic carbocycles. The number of nitrogens with zero attached hydrogens (tertiary/aromatic N) is 1. The molecule has 0 aromatic heterocycles. The minimum absolute atomic E-state index is 0.0785. The molecule has 0 spiro atoms. The number of ether oxygens (including phenoxy) is 2. The van der Waals surface area contributed by atoms with Crippen LogP contribution >= 0.6 is 0 Å². The van der Waals surface area contributed by atoms with E-state index in [1.54, 1.807) is 19.1 Å². The van der Waals surface area contributed by atoms with E-state index in [0.29, 0.717) is 37.8 Å². The maximum atomic E-state index is 14.5. The Morgan fingerprint density at radius 3 is 2.36 bits per heavy atom. The lowest BCUT2D eigenvalue weighted by atomic mass is 10.1. The molecule has 9 heteroatoms. The number of carbonyl (C=O) groups excluding carboxylic acids is 1. The molecule has 1 saturated heterocycles. The van der Waals surface area contributed by atoms with Gasteiger partial charge in [0.15, 0.2) is 11.5 Å². The Kier molecular flexibility index (Phi) is 8.31. The van der Waals surface area contributed by atoms with Crippen LogP contribution in [0.5, 0.6) is 11.5 Å². The highest BCUT2D eigenvalue weighted by atomic mass is 32.2. The van der Waals surface area contributed by atoms with E-state index in [9.17, 15) is 17.6 Å². The van der Waals surface area contributed by atoms with E-state index in [4.69, 9.17) is 9.47 Å². The second-order valence-corrected chi connectivity index (χ2v) is 9.78. The minimum atomic E-state index is -4.00. The molecule has 3 rings (SSSR count). The predicted molar refractivity (Wildman–Crippen MR) is 124 cm³/mol. The van der Waals surface area contributed by atoms with Crippen molar-refractivity contribution in [2.45, 2.75) is 51.0 Å². The number of nitrogens with one attached hydrogen (secondary N) is 1. The first-order valence-corrected chi connectivity index (χ1v) is 12.7. The summed E-state index contributed by atoms with van der Waals surface area (Å²) < 4.78 is 52.8. The van der Waals surface area contributed by atoms with Crippen LogP contribution in [0.3, 0.4) is 0 Å². The molecule has 0 saturated carbocycles. The maximum Gasteiger partial charge on any atom is 0.251 e. The average molecular weight is 479 g/mol. The fraction of sp³-hybridized carbons (Fsp3) is 0.458. The summed E-state index contributed by atoms with van der Waals surface area (Å²) in [6, 6.07) is 8.45. The molecule has 0 radical (unpaired) electrons. The van der Waals surface area contributed by atoms with Gasteiger partial charge in [-0.05, 0) is 69.5 Å². The van der Waals surface area contributed by atoms with E-state index in [1.165, 1.54) is 10.4 Å². The summed E-state index contributed by atoms with van der Waals surface area (Å²) in [7, 11) is -4.00. The molecule has 1 heterocycles. The maximum absolute atomic E-state index is 14.5. The number of hydrogen-bond donors (Lipinski definition) is 1. The van der Waals surface area contributed by atoms with Crippen molar-refractivity contribution in [3.8, 4) is 11.5 Å². The number of piperidine rings is 1. The van der Waals surface area contributed by atoms with Crippen molar-refractivity contribution in [2.75, 3.05) is 26.3 Å². The van der Waals surface area contributed by atoms with Crippen LogP contribution in [0.15, 0.2) is 41.3 Å². The molecule has 1 unspecified atom stereocenters. The van der Waals surface area contributed by atoms with Gasteiger partial charge in [0.1, 0.15) is 10.7 Å². The number of halogens is 1. The van der Waals surface area contributed by atoms with Crippen molar-refractivity contribution in [3.05, 3.63) is 53.3 Å². The van der Waals surface area contributed by atoms with Gasteiger partial charge in [-0.3, -0.25) is 4.79 Å². The SMILES string of the molecule is CCOc1ccc(C(C)NC(=O)c2ccc(F)c(S(=O)(=O)N3CCCCC3)c2)cc1OCC. The lowest BCUT2D eigenvalue weighted by Gasteiger charge is -2.26. The van der Waals surface area contributed by atoms with Gasteiger partial charge in [0.25, 0.3) is 5.91 Å². The van der Waals surface area contributed by atoms with E-state index in [-0.39, 0.29) is 5.56 Å². The van der Waals surface area contributed by atoms with Crippen LogP contribution in [0.1, 0.15) is 62.0 Å². The third-order valence-corrected chi connectivity index (χ3v) is 7.45. The Labute approximate surface area is 194 Å². The first kappa shape index (κ1) is 25.0. The van der Waals surface area contributed by atoms with Gasteiger partial charge in [0.05, 0.1) is 19.3 Å². The fourth-order valence-electron chi connectivity index (χ4n) is 3.79. The third kappa shape index (κ3) is 5.83. The van der Waals surface area contributed by atoms with Crippen LogP contribution in [0.25, 0.3) is 0 Å². The third-order valence-electron chi connectivity index (χ3n) is 5.54. The lowest BCUT2D eigenvalue weighted by Crippen LogP contribution is -2.36. The van der Waals surface area contributed by atoms with Gasteiger partial charge in [0.2, 0.25) is 10.0 Å². The molecule has 180 valence electrons. The number of benzene rings is 2. The van der Waals surface area contributed by atoms with Crippen molar-refractivity contribution in [1.29, 1.82) is 0 Å². The van der Waals surface area contributed by atoms with Gasteiger partial charge in [-0.1, -0.05) is 12.5 Å². The summed E-state index contributed by atoms with van der Waals surface area (Å²) >= 11 is 0. The quantitative estimate of drug-likeness (QED) is 0.581. The molecule has 1 fully saturated rings. The molecule has 1 atom stereocenters. The molecule has 33 heavy (non-hydrogen) atoms. The van der Waals surface area contributed by atoms with E-state index in [0.717, 1.165) is 37.0 Å². The van der Waals surface area contributed by atoms with Gasteiger partial charge in [0, 0.05) is 18.7 Å². The lowest BCUT2D eigenvalue weighted by molar-refractivity contribution is 0.0939. The van der Waals surface area contributed by atoms with Crippen LogP contribution in [0.2, 0.25) is 0 Å². The Hall–Kier alpha value is -2.65. The molecule has 1 N–H and O–H groups in total. The van der Waals surface area contributed by atoms with Gasteiger partial charge in [-0.15, -0.1) is 0 Å². The number of carbonyl (C=O) groups is 1. The number of rotatable bonds is 9. The highest BCUT2D eigenvalue weighted by Crippen LogP contribution is 2.31. The van der Waals surface area contributed by atoms with Gasteiger partial charge in [-0.2, -0.15) is 4.31 Å². The summed E-state index contributed by atoms with van der Waals surface area (Å²) in [6.45, 7) is 7.24. The molecular weight excluding hydrogens is 447 g/mol. The fourth-order valence-corrected chi connectivity index (χ4v) is 5.39. The van der Waals surface area contributed by atoms with Crippen molar-refractivity contribution in [1.82, 2.24) is 9.62 Å². The zero-order chi connectivity index (χ0) is 24.0. The Morgan fingerprint density at radius 1 is 1.03 bits per heavy atom. The summed E-state index contributed by atoms with van der Waals surface area (Å²) in [6.07, 6.45) is 2.43. The largest absolute Gasteiger partial charge is 0.490 e. The summed E-state index contributed by atoms with van der Waals surface area (Å²) in [5.74, 6) is -0.162. The normalized spacial score (nSPS) is 15.6. The standard InChI is InChI=1S/C24H31FN2O5S/c1-4-31-21-12-10-18(15-22(21)32-5-2)17(3)26-24(28)19-9-11-20(25)23(16-19)33(29,30)27-13-7-6-8-14-27/h9-12,15-17H,4-8,13-14H2,1-3H3,(H,26,28). The second-order valence-electron chi connectivity index (χ2n) is 7.88. The van der Waals surface area contributed by atoms with Gasteiger partial charge >= 0.3 is 0 Å². The van der Waals surface area contributed by atoms with Crippen molar-refractivity contribution >= 4 is 15.9 Å². The van der Waals surface area contributed by atoms with Gasteiger partial charge < -0.3 is 14.8 Å². The first-order valence-electron chi connectivity index (χ1n) is 11.3. The topological polar surface area (TPSA) is 84.9 Å². The zero-order valence-electron chi connectivity index (χ0n) is 19.3. The van der Waals surface area contributed by atoms with E-state index in [2.05, 4.69) is 5.32 Å². The highest BCUT2D eigenvalue weighted by Gasteiger charge is 2.29. The summed E-state index contributed by atoms with van der Waals surface area (Å²) in [5, 5.41) is 2.84. The molecule has 7 nitrogen and oxygen atoms in total. The number of sulfonamides is 1. The van der Waals surface area contributed by atoms with Crippen LogP contribution < -0.4 is 14.8 Å². The Balaban J connectivity index is 1.80. The van der Waals surface area contributed by atoms with E-state index >= 15 is 0 Å². The predicted octanol–water partition coefficient (Wildman–Crippen LogP) is 4.29. The first-order chi connectivity index (χ1) is 15.8. The summed E-state index contributed by atoms with van der Waals surface area (Å²) in [4.78, 5) is 12.4. The Bertz CT molecular complexity index is 1080. The highest BCUT2D eigenvalue weighted by molar-refractivity contribution is 7.89. The van der Waals surface area contributed by atoms with Gasteiger partial charge in [-0.25, -0.2) is 12.8 Å². The van der Waals surface area contributed by atoms with Crippen molar-refractivity contribution < 1.29 is 27.1 Å². The molecule has 2 aromatic rings. The number of amides is 1. The van der Waals surface area contributed by atoms with E-state index < -0.39 is 32.7 Å². The average Bonchev–Trinajstić information content (AvgIpc) is 2.81. The minimum Gasteiger partial charge on any atom is -0.490 e. The molecule has 0 bridgehead atoms. The zero-order valence-corrected chi connectivity index (χ0v) is 20.1. The van der Waals surface area contributed by atoms with Crippen LogP contribution in [0.4, 0.5) is 4.39 Å². The second kappa shape index (κ2) is 11.0. The number of hydrogen-bond acceptors (Lipinski definition) is 5. The molecule has 1 aliphatic heterocycles. The smallest absolute Gasteiger partial charge is 0.251 e. The molecule has 2 aromatic carbocycles. The Morgan fingerprint density at radius 2 is 1.70 bits per heavy atom. The van der Waals surface area contributed by atoms with E-state index in [1.807, 2.05) is 19.9 Å². The van der Waals surface area contributed by atoms with Crippen molar-refractivity contribution in [2.24, 2.45) is 0 Å². The van der Waals surface area contributed by atoms with Crippen LogP contribution in [-0.4, -0.2) is 44.9 Å². The monoisotopic (exact) mass is 478 g/mol. The van der Waals surface area contributed by atoms with Crippen LogP contribution in [-0.2, 0) is 10.0 Å². The molecule has 1 amide bonds.